The molecule has 0 aliphatic rings. The topological polar surface area (TPSA) is 4.93 Å². The third-order valence-electron chi connectivity index (χ3n) is 4.33. The fourth-order valence-electron chi connectivity index (χ4n) is 3.00. The van der Waals surface area contributed by atoms with Gasteiger partial charge in [-0.2, -0.15) is 0 Å². The van der Waals surface area contributed by atoms with Crippen LogP contribution in [0.5, 0.6) is 0 Å². The zero-order valence-electron chi connectivity index (χ0n) is 13.6. The summed E-state index contributed by atoms with van der Waals surface area (Å²) in [5.41, 5.74) is 4.53. The molecule has 2 aromatic carbocycles. The van der Waals surface area contributed by atoms with Crippen molar-refractivity contribution < 1.29 is 0 Å². The number of fused-ring (bicyclic) bond motifs is 3. The summed E-state index contributed by atoms with van der Waals surface area (Å²) in [6.45, 7) is 10.3. The van der Waals surface area contributed by atoms with Crippen LogP contribution in [-0.2, 0) is 13.0 Å². The molecule has 3 rings (SSSR count). The van der Waals surface area contributed by atoms with E-state index < -0.39 is 0 Å². The van der Waals surface area contributed by atoms with Crippen molar-refractivity contribution in [2.24, 2.45) is 5.41 Å². The molecule has 0 N–H and O–H groups in total. The predicted molar refractivity (Wildman–Crippen MR) is 92.9 cm³/mol. The van der Waals surface area contributed by atoms with Crippen molar-refractivity contribution in [1.82, 2.24) is 4.57 Å². The molecule has 3 aromatic rings. The Kier molecular flexibility index (Phi) is 3.52. The Balaban J connectivity index is 2.21. The smallest absolute Gasteiger partial charge is 0.0494 e. The van der Waals surface area contributed by atoms with Crippen LogP contribution in [0.2, 0.25) is 0 Å². The first-order valence-electron chi connectivity index (χ1n) is 7.99. The number of hydrogen-bond donors (Lipinski definition) is 0. The average molecular weight is 279 g/mol. The summed E-state index contributed by atoms with van der Waals surface area (Å²) >= 11 is 0. The third-order valence-corrected chi connectivity index (χ3v) is 4.33. The van der Waals surface area contributed by atoms with Gasteiger partial charge in [0.1, 0.15) is 0 Å². The molecule has 1 nitrogen and oxygen atoms in total. The van der Waals surface area contributed by atoms with Gasteiger partial charge in [0.15, 0.2) is 0 Å². The Morgan fingerprint density at radius 2 is 1.62 bits per heavy atom. The Morgan fingerprint density at radius 3 is 2.33 bits per heavy atom. The van der Waals surface area contributed by atoms with Gasteiger partial charge in [0.05, 0.1) is 0 Å². The van der Waals surface area contributed by atoms with E-state index in [0.717, 1.165) is 13.0 Å². The summed E-state index contributed by atoms with van der Waals surface area (Å²) in [6, 6.07) is 15.7. The van der Waals surface area contributed by atoms with Gasteiger partial charge in [0.25, 0.3) is 0 Å². The third kappa shape index (κ3) is 2.70. The molecule has 21 heavy (non-hydrogen) atoms. The summed E-state index contributed by atoms with van der Waals surface area (Å²) < 4.78 is 2.51. The highest BCUT2D eigenvalue weighted by Gasteiger charge is 2.14. The minimum absolute atomic E-state index is 0.361. The molecule has 0 saturated heterocycles. The minimum Gasteiger partial charge on any atom is -0.340 e. The van der Waals surface area contributed by atoms with E-state index in [1.165, 1.54) is 33.8 Å². The standard InChI is InChI=1S/C20H25N/c1-5-15-10-11-17-16-8-6-7-9-18(16)21(19(17)14-15)13-12-20(2,3)4/h6-11,14H,5,12-13H2,1-4H3. The van der Waals surface area contributed by atoms with E-state index in [9.17, 15) is 0 Å². The SMILES string of the molecule is CCc1ccc2c3ccccc3n(CCC(C)(C)C)c2c1. The number of aromatic nitrogens is 1. The lowest BCUT2D eigenvalue weighted by Gasteiger charge is -2.19. The molecule has 1 aromatic heterocycles. The van der Waals surface area contributed by atoms with Crippen molar-refractivity contribution in [2.45, 2.75) is 47.1 Å². The zero-order valence-corrected chi connectivity index (χ0v) is 13.6. The van der Waals surface area contributed by atoms with Crippen LogP contribution in [0.3, 0.4) is 0 Å². The molecule has 0 unspecified atom stereocenters. The van der Waals surface area contributed by atoms with Crippen LogP contribution in [0.4, 0.5) is 0 Å². The second kappa shape index (κ2) is 5.22. The molecule has 0 aliphatic carbocycles. The van der Waals surface area contributed by atoms with E-state index in [1.54, 1.807) is 0 Å². The Hall–Kier alpha value is -1.76. The van der Waals surface area contributed by atoms with Crippen LogP contribution >= 0.6 is 0 Å². The van der Waals surface area contributed by atoms with Gasteiger partial charge >= 0.3 is 0 Å². The monoisotopic (exact) mass is 279 g/mol. The van der Waals surface area contributed by atoms with Crippen molar-refractivity contribution in [3.05, 3.63) is 48.0 Å². The van der Waals surface area contributed by atoms with E-state index in [2.05, 4.69) is 74.7 Å². The van der Waals surface area contributed by atoms with Crippen LogP contribution < -0.4 is 0 Å². The summed E-state index contributed by atoms with van der Waals surface area (Å²) in [7, 11) is 0. The van der Waals surface area contributed by atoms with Crippen molar-refractivity contribution in [3.63, 3.8) is 0 Å². The van der Waals surface area contributed by atoms with Gasteiger partial charge in [-0.3, -0.25) is 0 Å². The minimum atomic E-state index is 0.361. The molecule has 1 heterocycles. The van der Waals surface area contributed by atoms with E-state index >= 15 is 0 Å². The highest BCUT2D eigenvalue weighted by Crippen LogP contribution is 2.31. The maximum absolute atomic E-state index is 2.51. The van der Waals surface area contributed by atoms with E-state index in [0.29, 0.717) is 5.41 Å². The molecular formula is C20H25N. The molecule has 110 valence electrons. The van der Waals surface area contributed by atoms with Crippen LogP contribution in [-0.4, -0.2) is 4.57 Å². The maximum Gasteiger partial charge on any atom is 0.0494 e. The number of para-hydroxylation sites is 1. The lowest BCUT2D eigenvalue weighted by molar-refractivity contribution is 0.355. The molecule has 0 radical (unpaired) electrons. The van der Waals surface area contributed by atoms with Gasteiger partial charge in [0, 0.05) is 28.4 Å². The Labute approximate surface area is 127 Å². The van der Waals surface area contributed by atoms with Crippen molar-refractivity contribution in [2.75, 3.05) is 0 Å². The first-order valence-corrected chi connectivity index (χ1v) is 7.99. The molecule has 1 heteroatoms. The summed E-state index contributed by atoms with van der Waals surface area (Å²) in [5.74, 6) is 0. The van der Waals surface area contributed by atoms with Gasteiger partial charge in [-0.25, -0.2) is 0 Å². The Morgan fingerprint density at radius 1 is 0.905 bits per heavy atom. The quantitative estimate of drug-likeness (QED) is 0.571. The largest absolute Gasteiger partial charge is 0.340 e. The highest BCUT2D eigenvalue weighted by atomic mass is 15.0. The number of benzene rings is 2. The maximum atomic E-state index is 2.51. The van der Waals surface area contributed by atoms with Gasteiger partial charge in [-0.05, 0) is 36.0 Å². The fraction of sp³-hybridized carbons (Fsp3) is 0.400. The van der Waals surface area contributed by atoms with Crippen LogP contribution in [0.25, 0.3) is 21.8 Å². The Bertz CT molecular complexity index is 771. The van der Waals surface area contributed by atoms with Crippen molar-refractivity contribution >= 4 is 21.8 Å². The van der Waals surface area contributed by atoms with Crippen LogP contribution in [0, 0.1) is 5.41 Å². The van der Waals surface area contributed by atoms with Gasteiger partial charge < -0.3 is 4.57 Å². The van der Waals surface area contributed by atoms with E-state index in [4.69, 9.17) is 0 Å². The van der Waals surface area contributed by atoms with Crippen LogP contribution in [0.1, 0.15) is 39.7 Å². The molecular weight excluding hydrogens is 254 g/mol. The molecule has 0 bridgehead atoms. The average Bonchev–Trinajstić information content (AvgIpc) is 2.77. The molecule has 0 spiro atoms. The molecule has 0 amide bonds. The van der Waals surface area contributed by atoms with Gasteiger partial charge in [-0.1, -0.05) is 58.0 Å². The number of rotatable bonds is 3. The highest BCUT2D eigenvalue weighted by molar-refractivity contribution is 6.08. The van der Waals surface area contributed by atoms with E-state index in [1.807, 2.05) is 0 Å². The molecule has 0 atom stereocenters. The second-order valence-corrected chi connectivity index (χ2v) is 7.18. The van der Waals surface area contributed by atoms with Gasteiger partial charge in [0.2, 0.25) is 0 Å². The fourth-order valence-corrected chi connectivity index (χ4v) is 3.00. The van der Waals surface area contributed by atoms with E-state index in [-0.39, 0.29) is 0 Å². The van der Waals surface area contributed by atoms with Gasteiger partial charge in [-0.15, -0.1) is 0 Å². The summed E-state index contributed by atoms with van der Waals surface area (Å²) in [6.07, 6.45) is 2.29. The first-order chi connectivity index (χ1) is 9.99. The number of hydrogen-bond acceptors (Lipinski definition) is 0. The van der Waals surface area contributed by atoms with Crippen LogP contribution in [0.15, 0.2) is 42.5 Å². The predicted octanol–water partition coefficient (Wildman–Crippen LogP) is 5.79. The lowest BCUT2D eigenvalue weighted by Crippen LogP contribution is -2.10. The molecule has 0 saturated carbocycles. The molecule has 0 fully saturated rings. The summed E-state index contributed by atoms with van der Waals surface area (Å²) in [5, 5.41) is 2.76. The molecule has 0 aliphatic heterocycles. The number of nitrogens with zero attached hydrogens (tertiary/aromatic N) is 1. The lowest BCUT2D eigenvalue weighted by atomic mass is 9.92. The zero-order chi connectivity index (χ0) is 15.0. The first kappa shape index (κ1) is 14.2. The van der Waals surface area contributed by atoms with Crippen molar-refractivity contribution in [3.8, 4) is 0 Å². The second-order valence-electron chi connectivity index (χ2n) is 7.18. The number of aryl methyl sites for hydroxylation is 2. The normalized spacial score (nSPS) is 12.4. The van der Waals surface area contributed by atoms with Crippen molar-refractivity contribution in [1.29, 1.82) is 0 Å². The summed E-state index contributed by atoms with van der Waals surface area (Å²) in [4.78, 5) is 0.